The molecule has 1 aromatic carbocycles. The van der Waals surface area contributed by atoms with Crippen molar-refractivity contribution >= 4 is 35.4 Å². The Morgan fingerprint density at radius 3 is 2.15 bits per heavy atom. The van der Waals surface area contributed by atoms with E-state index >= 15 is 0 Å². The summed E-state index contributed by atoms with van der Waals surface area (Å²) in [7, 11) is 3.08. The van der Waals surface area contributed by atoms with Crippen LogP contribution in [0.4, 0.5) is 0 Å². The number of primary amides is 1. The molecule has 2 fully saturated rings. The first-order chi connectivity index (χ1) is 21.7. The number of rotatable bonds is 10. The van der Waals surface area contributed by atoms with Gasteiger partial charge in [-0.05, 0) is 49.4 Å². The molecule has 5 N–H and O–H groups in total. The highest BCUT2D eigenvalue weighted by Crippen LogP contribution is 2.27. The summed E-state index contributed by atoms with van der Waals surface area (Å²) in [6.07, 6.45) is 0.396. The molecule has 3 unspecified atom stereocenters. The van der Waals surface area contributed by atoms with E-state index in [9.17, 15) is 28.8 Å². The molecule has 14 nitrogen and oxygen atoms in total. The Balaban J connectivity index is 1.74. The number of nitrogens with zero attached hydrogens (tertiary/aromatic N) is 3. The number of methoxy groups -OCH3 is 1. The lowest BCUT2D eigenvalue weighted by atomic mass is 9.85. The Hall–Kier alpha value is -4.20. The lowest BCUT2D eigenvalue weighted by Crippen LogP contribution is -2.57. The van der Waals surface area contributed by atoms with Crippen molar-refractivity contribution in [1.29, 1.82) is 0 Å². The van der Waals surface area contributed by atoms with Gasteiger partial charge in [0.2, 0.25) is 23.6 Å². The van der Waals surface area contributed by atoms with Crippen LogP contribution in [0.1, 0.15) is 82.0 Å². The van der Waals surface area contributed by atoms with Gasteiger partial charge >= 0.3 is 0 Å². The van der Waals surface area contributed by atoms with E-state index in [0.717, 1.165) is 0 Å². The van der Waals surface area contributed by atoms with Crippen molar-refractivity contribution in [3.05, 3.63) is 29.3 Å². The summed E-state index contributed by atoms with van der Waals surface area (Å²) in [5.41, 5.74) is 5.07. The molecular formula is C33H51N7O7. The fourth-order valence-corrected chi connectivity index (χ4v) is 5.63. The Kier molecular flexibility index (Phi) is 11.7. The van der Waals surface area contributed by atoms with Crippen LogP contribution in [0.25, 0.3) is 0 Å². The number of hydrogen-bond donors (Lipinski definition) is 4. The number of benzene rings is 1. The van der Waals surface area contributed by atoms with Gasteiger partial charge in [-0.1, -0.05) is 41.5 Å². The zero-order valence-electron chi connectivity index (χ0n) is 29.1. The van der Waals surface area contributed by atoms with Crippen molar-refractivity contribution in [2.24, 2.45) is 16.6 Å². The number of likely N-dealkylation sites (N-methyl/N-ethyl adjacent to an activating group) is 1. The van der Waals surface area contributed by atoms with Gasteiger partial charge in [-0.25, -0.2) is 0 Å². The number of likely N-dealkylation sites (tertiary alicyclic amines) is 1. The second kappa shape index (κ2) is 14.7. The second-order valence-electron chi connectivity index (χ2n) is 14.7. The molecule has 260 valence electrons. The summed E-state index contributed by atoms with van der Waals surface area (Å²) < 4.78 is 5.39. The lowest BCUT2D eigenvalue weighted by molar-refractivity contribution is -0.139. The Morgan fingerprint density at radius 2 is 1.60 bits per heavy atom. The van der Waals surface area contributed by atoms with Crippen LogP contribution in [0.15, 0.2) is 18.2 Å². The van der Waals surface area contributed by atoms with Crippen LogP contribution in [-0.4, -0.2) is 115 Å². The molecule has 3 rings (SSSR count). The molecule has 0 spiro atoms. The van der Waals surface area contributed by atoms with Crippen LogP contribution in [0.5, 0.6) is 5.75 Å². The molecule has 2 saturated heterocycles. The first-order valence-corrected chi connectivity index (χ1v) is 15.9. The maximum atomic E-state index is 13.7. The normalized spacial score (nSPS) is 19.6. The topological polar surface area (TPSA) is 183 Å². The minimum absolute atomic E-state index is 0.00937. The van der Waals surface area contributed by atoms with Gasteiger partial charge in [0, 0.05) is 43.2 Å². The smallest absolute Gasteiger partial charge is 0.255 e. The van der Waals surface area contributed by atoms with E-state index in [1.54, 1.807) is 14.0 Å². The monoisotopic (exact) mass is 657 g/mol. The number of carbonyl (C=O) groups excluding carboxylic acids is 6. The lowest BCUT2D eigenvalue weighted by Gasteiger charge is -2.34. The molecule has 14 heteroatoms. The zero-order valence-corrected chi connectivity index (χ0v) is 29.1. The molecular weight excluding hydrogens is 606 g/mol. The predicted octanol–water partition coefficient (Wildman–Crippen LogP) is 0.697. The van der Waals surface area contributed by atoms with E-state index in [0.29, 0.717) is 0 Å². The van der Waals surface area contributed by atoms with E-state index in [1.807, 2.05) is 41.5 Å². The number of nitrogens with two attached hydrogens (primary N) is 1. The van der Waals surface area contributed by atoms with Crippen molar-refractivity contribution in [3.8, 4) is 5.75 Å². The van der Waals surface area contributed by atoms with Gasteiger partial charge in [-0.3, -0.25) is 28.8 Å². The molecule has 2 aliphatic heterocycles. The van der Waals surface area contributed by atoms with Crippen LogP contribution in [0.3, 0.4) is 0 Å². The SMILES string of the molecule is CN[C@@H](C)C(=O)NC(C(=O)N1CCN(C(=O)c2cc(OC)cc(C(=O)NC3CC(C(N)=O)N(C(=O)CC(C)(C)C)C3)c2)C1)C(C)(C)C. The maximum absolute atomic E-state index is 13.7. The summed E-state index contributed by atoms with van der Waals surface area (Å²) in [4.78, 5) is 82.8. The molecule has 1 aromatic rings. The van der Waals surface area contributed by atoms with Gasteiger partial charge in [0.25, 0.3) is 11.8 Å². The molecule has 0 radical (unpaired) electrons. The first kappa shape index (κ1) is 37.3. The summed E-state index contributed by atoms with van der Waals surface area (Å²) in [5, 5.41) is 8.59. The third-order valence-electron chi connectivity index (χ3n) is 8.42. The van der Waals surface area contributed by atoms with Crippen LogP contribution in [0.2, 0.25) is 0 Å². The standard InChI is InChI=1S/C33H51N7O7/c1-19(35-8)28(43)37-26(33(5,6)7)31(46)39-11-10-38(18-39)30(45)21-12-20(13-23(14-21)47-9)29(44)36-22-15-24(27(34)42)40(17-22)25(41)16-32(2,3)4/h12-14,19,22,24,26,35H,10-11,15-18H2,1-9H3,(H2,34,42)(H,36,44)(H,37,43)/t19-,22?,24?,26?/m0/s1. The minimum atomic E-state index is -0.837. The first-order valence-electron chi connectivity index (χ1n) is 15.9. The van der Waals surface area contributed by atoms with E-state index in [4.69, 9.17) is 10.5 Å². The van der Waals surface area contributed by atoms with Gasteiger partial charge in [-0.2, -0.15) is 0 Å². The Bertz CT molecular complexity index is 1380. The van der Waals surface area contributed by atoms with E-state index < -0.39 is 47.3 Å². The third-order valence-corrected chi connectivity index (χ3v) is 8.42. The van der Waals surface area contributed by atoms with Crippen LogP contribution in [0, 0.1) is 10.8 Å². The zero-order chi connectivity index (χ0) is 35.4. The van der Waals surface area contributed by atoms with Crippen LogP contribution >= 0.6 is 0 Å². The third kappa shape index (κ3) is 9.43. The van der Waals surface area contributed by atoms with E-state index in [-0.39, 0.29) is 79.2 Å². The van der Waals surface area contributed by atoms with Crippen molar-refractivity contribution < 1.29 is 33.5 Å². The fourth-order valence-electron chi connectivity index (χ4n) is 5.63. The molecule has 47 heavy (non-hydrogen) atoms. The van der Waals surface area contributed by atoms with Crippen LogP contribution in [-0.2, 0) is 19.2 Å². The number of amides is 6. The van der Waals surface area contributed by atoms with Crippen molar-refractivity contribution in [2.45, 2.75) is 85.5 Å². The maximum Gasteiger partial charge on any atom is 0.255 e. The fraction of sp³-hybridized carbons (Fsp3) is 0.636. The average Bonchev–Trinajstić information content (AvgIpc) is 3.65. The molecule has 2 heterocycles. The Labute approximate surface area is 277 Å². The molecule has 2 aliphatic rings. The molecule has 0 aliphatic carbocycles. The van der Waals surface area contributed by atoms with Gasteiger partial charge in [0.1, 0.15) is 17.8 Å². The molecule has 0 saturated carbocycles. The van der Waals surface area contributed by atoms with Gasteiger partial charge in [0.05, 0.1) is 19.8 Å². The highest BCUT2D eigenvalue weighted by atomic mass is 16.5. The number of hydrogen-bond acceptors (Lipinski definition) is 8. The molecule has 0 bridgehead atoms. The van der Waals surface area contributed by atoms with E-state index in [2.05, 4.69) is 16.0 Å². The van der Waals surface area contributed by atoms with Crippen molar-refractivity contribution in [3.63, 3.8) is 0 Å². The second-order valence-corrected chi connectivity index (χ2v) is 14.7. The number of nitrogens with one attached hydrogen (secondary N) is 3. The highest BCUT2D eigenvalue weighted by molar-refractivity contribution is 6.01. The van der Waals surface area contributed by atoms with Gasteiger partial charge < -0.3 is 41.1 Å². The summed E-state index contributed by atoms with van der Waals surface area (Å²) in [6.45, 7) is 13.7. The summed E-state index contributed by atoms with van der Waals surface area (Å²) in [6, 6.07) is 1.81. The molecule has 0 aromatic heterocycles. The van der Waals surface area contributed by atoms with Crippen LogP contribution < -0.4 is 26.4 Å². The largest absolute Gasteiger partial charge is 0.497 e. The van der Waals surface area contributed by atoms with E-state index in [1.165, 1.54) is 40.0 Å². The summed E-state index contributed by atoms with van der Waals surface area (Å²) >= 11 is 0. The average molecular weight is 658 g/mol. The molecule has 6 amide bonds. The van der Waals surface area contributed by atoms with Crippen molar-refractivity contribution in [2.75, 3.05) is 40.5 Å². The Morgan fingerprint density at radius 1 is 0.979 bits per heavy atom. The highest BCUT2D eigenvalue weighted by Gasteiger charge is 2.41. The van der Waals surface area contributed by atoms with Gasteiger partial charge in [0.15, 0.2) is 0 Å². The number of carbonyl (C=O) groups is 6. The molecule has 4 atom stereocenters. The number of ether oxygens (including phenoxy) is 1. The minimum Gasteiger partial charge on any atom is -0.497 e. The quantitative estimate of drug-likeness (QED) is 0.283. The van der Waals surface area contributed by atoms with Crippen molar-refractivity contribution in [1.82, 2.24) is 30.7 Å². The summed E-state index contributed by atoms with van der Waals surface area (Å²) in [5.74, 6) is -2.07. The van der Waals surface area contributed by atoms with Gasteiger partial charge in [-0.15, -0.1) is 0 Å². The predicted molar refractivity (Wildman–Crippen MR) is 175 cm³/mol.